The monoisotopic (exact) mass is 409 g/mol. The molecule has 0 fully saturated rings. The molecule has 4 nitrogen and oxygen atoms in total. The number of halogens is 3. The highest BCUT2D eigenvalue weighted by Gasteiger charge is 2.37. The highest BCUT2D eigenvalue weighted by atomic mass is 19.4. The van der Waals surface area contributed by atoms with E-state index in [-0.39, 0.29) is 17.2 Å². The quantitative estimate of drug-likeness (QED) is 0.465. The zero-order valence-electron chi connectivity index (χ0n) is 17.8. The summed E-state index contributed by atoms with van der Waals surface area (Å²) in [7, 11) is 1.59. The van der Waals surface area contributed by atoms with Gasteiger partial charge in [-0.05, 0) is 23.5 Å². The summed E-state index contributed by atoms with van der Waals surface area (Å²) in [6, 6.07) is 7.37. The van der Waals surface area contributed by atoms with Crippen LogP contribution in [-0.4, -0.2) is 23.6 Å². The normalized spacial score (nSPS) is 12.1. The summed E-state index contributed by atoms with van der Waals surface area (Å²) in [4.78, 5) is 9.39. The van der Waals surface area contributed by atoms with Crippen LogP contribution >= 0.6 is 0 Å². The Bertz CT molecular complexity index is 801. The number of nitrogens with zero attached hydrogens (tertiary/aromatic N) is 3. The van der Waals surface area contributed by atoms with E-state index >= 15 is 0 Å². The molecule has 1 heterocycles. The SMILES string of the molecule is CCCCCCOc1ncc(C(F)(F)F)c(N(C)c2ccccc2C(C)(C)C)n1. The molecular formula is C22H30F3N3O. The van der Waals surface area contributed by atoms with Crippen molar-refractivity contribution in [3.05, 3.63) is 41.6 Å². The Morgan fingerprint density at radius 3 is 2.31 bits per heavy atom. The molecular weight excluding hydrogens is 379 g/mol. The van der Waals surface area contributed by atoms with E-state index in [0.717, 1.165) is 37.4 Å². The van der Waals surface area contributed by atoms with Crippen LogP contribution in [0.25, 0.3) is 0 Å². The molecule has 0 amide bonds. The van der Waals surface area contributed by atoms with Gasteiger partial charge in [-0.25, -0.2) is 4.98 Å². The molecule has 2 rings (SSSR count). The fraction of sp³-hybridized carbons (Fsp3) is 0.545. The van der Waals surface area contributed by atoms with Gasteiger partial charge in [-0.1, -0.05) is 65.2 Å². The lowest BCUT2D eigenvalue weighted by Gasteiger charge is -2.29. The van der Waals surface area contributed by atoms with Crippen molar-refractivity contribution in [3.63, 3.8) is 0 Å². The van der Waals surface area contributed by atoms with Crippen molar-refractivity contribution in [2.45, 2.75) is 65.0 Å². The number of aromatic nitrogens is 2. The van der Waals surface area contributed by atoms with Crippen LogP contribution < -0.4 is 9.64 Å². The van der Waals surface area contributed by atoms with E-state index < -0.39 is 11.7 Å². The van der Waals surface area contributed by atoms with Crippen LogP contribution in [0.1, 0.15) is 64.5 Å². The number of para-hydroxylation sites is 1. The van der Waals surface area contributed by atoms with Gasteiger partial charge in [0.1, 0.15) is 5.56 Å². The van der Waals surface area contributed by atoms with Crippen LogP contribution in [0.2, 0.25) is 0 Å². The smallest absolute Gasteiger partial charge is 0.421 e. The minimum Gasteiger partial charge on any atom is -0.463 e. The molecule has 0 spiro atoms. The molecule has 2 aromatic rings. The van der Waals surface area contributed by atoms with Crippen molar-refractivity contribution in [3.8, 4) is 6.01 Å². The first kappa shape index (κ1) is 23.0. The van der Waals surface area contributed by atoms with Crippen LogP contribution in [0, 0.1) is 0 Å². The van der Waals surface area contributed by atoms with Crippen LogP contribution in [0.4, 0.5) is 24.7 Å². The van der Waals surface area contributed by atoms with Crippen LogP contribution in [0.5, 0.6) is 6.01 Å². The van der Waals surface area contributed by atoms with Gasteiger partial charge in [-0.2, -0.15) is 18.2 Å². The number of hydrogen-bond acceptors (Lipinski definition) is 4. The predicted molar refractivity (Wildman–Crippen MR) is 110 cm³/mol. The van der Waals surface area contributed by atoms with Crippen LogP contribution in [0.3, 0.4) is 0 Å². The molecule has 0 atom stereocenters. The molecule has 1 aromatic carbocycles. The largest absolute Gasteiger partial charge is 0.463 e. The molecule has 0 radical (unpaired) electrons. The van der Waals surface area contributed by atoms with Gasteiger partial charge in [0.25, 0.3) is 0 Å². The maximum atomic E-state index is 13.6. The summed E-state index contributed by atoms with van der Waals surface area (Å²) in [5, 5.41) is 0. The Morgan fingerprint density at radius 2 is 1.69 bits per heavy atom. The van der Waals surface area contributed by atoms with Crippen molar-refractivity contribution in [2.24, 2.45) is 0 Å². The first-order valence-corrected chi connectivity index (χ1v) is 9.96. The van der Waals surface area contributed by atoms with E-state index in [9.17, 15) is 13.2 Å². The average Bonchev–Trinajstić information content (AvgIpc) is 2.65. The lowest BCUT2D eigenvalue weighted by molar-refractivity contribution is -0.137. The Morgan fingerprint density at radius 1 is 1.00 bits per heavy atom. The van der Waals surface area contributed by atoms with Crippen molar-refractivity contribution in [1.29, 1.82) is 0 Å². The highest BCUT2D eigenvalue weighted by molar-refractivity contribution is 5.67. The molecule has 0 aliphatic carbocycles. The molecule has 160 valence electrons. The minimum atomic E-state index is -4.57. The number of alkyl halides is 3. The summed E-state index contributed by atoms with van der Waals surface area (Å²) >= 11 is 0. The lowest BCUT2D eigenvalue weighted by atomic mass is 9.85. The second-order valence-corrected chi connectivity index (χ2v) is 8.12. The number of ether oxygens (including phenoxy) is 1. The lowest BCUT2D eigenvalue weighted by Crippen LogP contribution is -2.23. The van der Waals surface area contributed by atoms with Crippen LogP contribution in [0.15, 0.2) is 30.5 Å². The number of rotatable bonds is 8. The fourth-order valence-electron chi connectivity index (χ4n) is 3.09. The van der Waals surface area contributed by atoms with Gasteiger partial charge < -0.3 is 9.64 Å². The summed E-state index contributed by atoms with van der Waals surface area (Å²) in [6.45, 7) is 8.56. The Hall–Kier alpha value is -2.31. The predicted octanol–water partition coefficient (Wildman–Crippen LogP) is 6.52. The van der Waals surface area contributed by atoms with E-state index in [1.165, 1.54) is 4.90 Å². The van der Waals surface area contributed by atoms with Gasteiger partial charge in [0.2, 0.25) is 0 Å². The number of benzene rings is 1. The van der Waals surface area contributed by atoms with E-state index in [2.05, 4.69) is 16.9 Å². The van der Waals surface area contributed by atoms with Crippen molar-refractivity contribution >= 4 is 11.5 Å². The summed E-state index contributed by atoms with van der Waals surface area (Å²) in [5.41, 5.74) is 0.464. The van der Waals surface area contributed by atoms with Crippen LogP contribution in [-0.2, 0) is 11.6 Å². The number of hydrogen-bond donors (Lipinski definition) is 0. The average molecular weight is 409 g/mol. The van der Waals surface area contributed by atoms with E-state index in [0.29, 0.717) is 12.3 Å². The number of unbranched alkanes of at least 4 members (excludes halogenated alkanes) is 3. The van der Waals surface area contributed by atoms with Gasteiger partial charge in [0, 0.05) is 18.9 Å². The standard InChI is InChI=1S/C22H30F3N3O/c1-6-7-8-11-14-29-20-26-15-17(22(23,24)25)19(27-20)28(5)18-13-10-9-12-16(18)21(2,3)4/h9-10,12-13,15H,6-8,11,14H2,1-5H3. The molecule has 0 aliphatic heterocycles. The second-order valence-electron chi connectivity index (χ2n) is 8.12. The molecule has 0 aliphatic rings. The van der Waals surface area contributed by atoms with Gasteiger partial charge in [-0.3, -0.25) is 0 Å². The van der Waals surface area contributed by atoms with Gasteiger partial charge in [0.15, 0.2) is 5.82 Å². The molecule has 0 saturated carbocycles. The van der Waals surface area contributed by atoms with Gasteiger partial charge >= 0.3 is 12.2 Å². The van der Waals surface area contributed by atoms with Crippen molar-refractivity contribution in [2.75, 3.05) is 18.6 Å². The Kier molecular flexibility index (Phi) is 7.49. The molecule has 29 heavy (non-hydrogen) atoms. The third-order valence-electron chi connectivity index (χ3n) is 4.67. The van der Waals surface area contributed by atoms with E-state index in [4.69, 9.17) is 4.74 Å². The third kappa shape index (κ3) is 6.08. The highest BCUT2D eigenvalue weighted by Crippen LogP contribution is 2.40. The maximum Gasteiger partial charge on any atom is 0.421 e. The second kappa shape index (κ2) is 9.46. The first-order valence-electron chi connectivity index (χ1n) is 9.96. The summed E-state index contributed by atoms with van der Waals surface area (Å²) in [6.07, 6.45) is 0.243. The first-order chi connectivity index (χ1) is 13.6. The summed E-state index contributed by atoms with van der Waals surface area (Å²) in [5.74, 6) is -0.215. The molecule has 0 bridgehead atoms. The van der Waals surface area contributed by atoms with Gasteiger partial charge in [0.05, 0.1) is 6.61 Å². The minimum absolute atomic E-state index is 0.0374. The number of anilines is 2. The van der Waals surface area contributed by atoms with Crippen molar-refractivity contribution in [1.82, 2.24) is 9.97 Å². The summed E-state index contributed by atoms with van der Waals surface area (Å²) < 4.78 is 46.4. The van der Waals surface area contributed by atoms with E-state index in [1.807, 2.05) is 32.9 Å². The topological polar surface area (TPSA) is 38.2 Å². The Balaban J connectivity index is 2.40. The zero-order chi connectivity index (χ0) is 21.7. The molecule has 1 aromatic heterocycles. The van der Waals surface area contributed by atoms with E-state index in [1.54, 1.807) is 19.2 Å². The van der Waals surface area contributed by atoms with Crippen molar-refractivity contribution < 1.29 is 17.9 Å². The molecule has 7 heteroatoms. The zero-order valence-corrected chi connectivity index (χ0v) is 17.8. The maximum absolute atomic E-state index is 13.6. The molecule has 0 N–H and O–H groups in total. The third-order valence-corrected chi connectivity index (χ3v) is 4.67. The fourth-order valence-corrected chi connectivity index (χ4v) is 3.09. The van der Waals surface area contributed by atoms with Gasteiger partial charge in [-0.15, -0.1) is 0 Å². The molecule has 0 unspecified atom stereocenters. The Labute approximate surface area is 171 Å². The molecule has 0 saturated heterocycles.